The highest BCUT2D eigenvalue weighted by atomic mass is 32.1. The Labute approximate surface area is 200 Å². The molecule has 1 aromatic heterocycles. The number of nitrogens with zero attached hydrogens (tertiary/aromatic N) is 3. The Morgan fingerprint density at radius 1 is 1.12 bits per heavy atom. The van der Waals surface area contributed by atoms with Crippen LogP contribution in [0.25, 0.3) is 0 Å². The first-order valence-electron chi connectivity index (χ1n) is 10.4. The van der Waals surface area contributed by atoms with Gasteiger partial charge < -0.3 is 14.8 Å². The summed E-state index contributed by atoms with van der Waals surface area (Å²) in [7, 11) is 1.59. The summed E-state index contributed by atoms with van der Waals surface area (Å²) in [4.78, 5) is 40.6. The van der Waals surface area contributed by atoms with Crippen LogP contribution in [0.15, 0.2) is 65.1 Å². The molecule has 3 aromatic rings. The number of rotatable bonds is 7. The topological polar surface area (TPSA) is 110 Å². The number of thiazole rings is 1. The van der Waals surface area contributed by atoms with Crippen molar-refractivity contribution in [1.82, 2.24) is 9.99 Å². The molecule has 0 bridgehead atoms. The van der Waals surface area contributed by atoms with Crippen molar-refractivity contribution in [3.05, 3.63) is 76.8 Å². The minimum atomic E-state index is -0.756. The van der Waals surface area contributed by atoms with Crippen LogP contribution in [0.3, 0.4) is 0 Å². The van der Waals surface area contributed by atoms with E-state index in [-0.39, 0.29) is 22.8 Å². The predicted octanol–water partition coefficient (Wildman–Crippen LogP) is 3.64. The van der Waals surface area contributed by atoms with Crippen molar-refractivity contribution < 1.29 is 23.9 Å². The average Bonchev–Trinajstić information content (AvgIpc) is 3.50. The average molecular weight is 479 g/mol. The first-order chi connectivity index (χ1) is 16.4. The quantitative estimate of drug-likeness (QED) is 0.519. The molecule has 1 N–H and O–H groups in total. The zero-order valence-corrected chi connectivity index (χ0v) is 19.4. The van der Waals surface area contributed by atoms with Crippen LogP contribution in [0.5, 0.6) is 5.75 Å². The highest BCUT2D eigenvalue weighted by Crippen LogP contribution is 2.33. The summed E-state index contributed by atoms with van der Waals surface area (Å²) in [5.41, 5.74) is 2.58. The van der Waals surface area contributed by atoms with Crippen LogP contribution in [0.1, 0.15) is 41.0 Å². The lowest BCUT2D eigenvalue weighted by Crippen LogP contribution is -2.31. The SMILES string of the molecule is COc1ccc(C2CC(c3ccccc3)=NN2C(=O)COC(=O)c2csc(NC(C)=O)n2)cc1. The third-order valence-corrected chi connectivity index (χ3v) is 5.85. The third-order valence-electron chi connectivity index (χ3n) is 5.10. The zero-order chi connectivity index (χ0) is 24.1. The molecule has 4 rings (SSSR count). The molecule has 34 heavy (non-hydrogen) atoms. The van der Waals surface area contributed by atoms with E-state index in [1.807, 2.05) is 54.6 Å². The molecule has 9 nitrogen and oxygen atoms in total. The molecule has 174 valence electrons. The number of hydrazone groups is 1. The molecule has 2 amide bonds. The maximum Gasteiger partial charge on any atom is 0.358 e. The second kappa shape index (κ2) is 10.3. The van der Waals surface area contributed by atoms with Gasteiger partial charge >= 0.3 is 5.97 Å². The number of benzene rings is 2. The van der Waals surface area contributed by atoms with Gasteiger partial charge in [-0.05, 0) is 23.3 Å². The monoisotopic (exact) mass is 478 g/mol. The van der Waals surface area contributed by atoms with Gasteiger partial charge in [-0.3, -0.25) is 9.59 Å². The van der Waals surface area contributed by atoms with Crippen molar-refractivity contribution in [3.63, 3.8) is 0 Å². The molecule has 0 fully saturated rings. The second-order valence-electron chi connectivity index (χ2n) is 7.44. The molecular weight excluding hydrogens is 456 g/mol. The standard InChI is InChI=1S/C24H22N4O5S/c1-15(29)25-24-26-20(14-34-24)23(31)33-13-22(30)28-21(17-8-10-18(32-2)11-9-17)12-19(27-28)16-6-4-3-5-7-16/h3-11,14,21H,12-13H2,1-2H3,(H,25,26,29). The smallest absolute Gasteiger partial charge is 0.358 e. The van der Waals surface area contributed by atoms with Crippen molar-refractivity contribution in [2.24, 2.45) is 5.10 Å². The highest BCUT2D eigenvalue weighted by Gasteiger charge is 2.33. The van der Waals surface area contributed by atoms with E-state index in [1.54, 1.807) is 7.11 Å². The van der Waals surface area contributed by atoms with Crippen molar-refractivity contribution in [2.45, 2.75) is 19.4 Å². The lowest BCUT2D eigenvalue weighted by molar-refractivity contribution is -0.136. The number of nitrogens with one attached hydrogen (secondary N) is 1. The van der Waals surface area contributed by atoms with Gasteiger partial charge in [0.15, 0.2) is 17.4 Å². The third kappa shape index (κ3) is 5.29. The Morgan fingerprint density at radius 2 is 1.85 bits per heavy atom. The molecule has 2 aromatic carbocycles. The van der Waals surface area contributed by atoms with Gasteiger partial charge in [0.2, 0.25) is 5.91 Å². The Kier molecular flexibility index (Phi) is 6.98. The van der Waals surface area contributed by atoms with Gasteiger partial charge in [-0.15, -0.1) is 11.3 Å². The summed E-state index contributed by atoms with van der Waals surface area (Å²) in [5.74, 6) is -0.805. The first-order valence-corrected chi connectivity index (χ1v) is 11.3. The lowest BCUT2D eigenvalue weighted by Gasteiger charge is -2.22. The largest absolute Gasteiger partial charge is 0.497 e. The summed E-state index contributed by atoms with van der Waals surface area (Å²) < 4.78 is 10.4. The Hall–Kier alpha value is -4.05. The van der Waals surface area contributed by atoms with Gasteiger partial charge in [0, 0.05) is 18.7 Å². The van der Waals surface area contributed by atoms with E-state index in [0.29, 0.717) is 12.2 Å². The van der Waals surface area contributed by atoms with Crippen molar-refractivity contribution in [2.75, 3.05) is 19.0 Å². The number of esters is 1. The molecule has 1 atom stereocenters. The summed E-state index contributed by atoms with van der Waals surface area (Å²) in [5, 5.41) is 10.2. The van der Waals surface area contributed by atoms with E-state index in [9.17, 15) is 14.4 Å². The van der Waals surface area contributed by atoms with Crippen LogP contribution < -0.4 is 10.1 Å². The van der Waals surface area contributed by atoms with Crippen LogP contribution in [0, 0.1) is 0 Å². The minimum absolute atomic E-state index is 0.0168. The van der Waals surface area contributed by atoms with Crippen LogP contribution in [-0.2, 0) is 14.3 Å². The van der Waals surface area contributed by atoms with Crippen molar-refractivity contribution >= 4 is 40.0 Å². The summed E-state index contributed by atoms with van der Waals surface area (Å²) in [6, 6.07) is 16.7. The predicted molar refractivity (Wildman–Crippen MR) is 127 cm³/mol. The normalized spacial score (nSPS) is 14.9. The van der Waals surface area contributed by atoms with E-state index < -0.39 is 18.5 Å². The maximum absolute atomic E-state index is 13.1. The Balaban J connectivity index is 1.49. The van der Waals surface area contributed by atoms with Crippen LogP contribution in [-0.4, -0.2) is 47.2 Å². The highest BCUT2D eigenvalue weighted by molar-refractivity contribution is 7.14. The molecular formula is C24H22N4O5S. The Morgan fingerprint density at radius 3 is 2.53 bits per heavy atom. The van der Waals surface area contributed by atoms with E-state index in [0.717, 1.165) is 28.2 Å². The number of aromatic nitrogens is 1. The summed E-state index contributed by atoms with van der Waals surface area (Å²) >= 11 is 1.09. The molecule has 1 aliphatic heterocycles. The second-order valence-corrected chi connectivity index (χ2v) is 8.30. The summed E-state index contributed by atoms with van der Waals surface area (Å²) in [6.45, 7) is 0.849. The molecule has 1 aliphatic rings. The van der Waals surface area contributed by atoms with E-state index in [2.05, 4.69) is 15.4 Å². The van der Waals surface area contributed by atoms with E-state index >= 15 is 0 Å². The molecule has 0 spiro atoms. The fourth-order valence-electron chi connectivity index (χ4n) is 3.47. The van der Waals surface area contributed by atoms with Crippen molar-refractivity contribution in [1.29, 1.82) is 0 Å². The fourth-order valence-corrected chi connectivity index (χ4v) is 4.20. The number of ether oxygens (including phenoxy) is 2. The van der Waals surface area contributed by atoms with Gasteiger partial charge in [0.25, 0.3) is 5.91 Å². The first kappa shape index (κ1) is 23.1. The zero-order valence-electron chi connectivity index (χ0n) is 18.6. The van der Waals surface area contributed by atoms with E-state index in [4.69, 9.17) is 9.47 Å². The Bertz CT molecular complexity index is 1220. The number of hydrogen-bond donors (Lipinski definition) is 1. The molecule has 2 heterocycles. The van der Waals surface area contributed by atoms with Gasteiger partial charge in [-0.2, -0.15) is 5.10 Å². The number of carbonyl (C=O) groups is 3. The molecule has 1 unspecified atom stereocenters. The van der Waals surface area contributed by atoms with E-state index in [1.165, 1.54) is 17.3 Å². The van der Waals surface area contributed by atoms with Gasteiger partial charge in [-0.25, -0.2) is 14.8 Å². The van der Waals surface area contributed by atoms with Crippen LogP contribution in [0.4, 0.5) is 5.13 Å². The number of anilines is 1. The lowest BCUT2D eigenvalue weighted by atomic mass is 9.98. The van der Waals surface area contributed by atoms with Gasteiger partial charge in [0.1, 0.15) is 5.75 Å². The van der Waals surface area contributed by atoms with Gasteiger partial charge in [-0.1, -0.05) is 42.5 Å². The molecule has 0 saturated heterocycles. The molecule has 0 radical (unpaired) electrons. The number of methoxy groups -OCH3 is 1. The minimum Gasteiger partial charge on any atom is -0.497 e. The maximum atomic E-state index is 13.1. The molecule has 10 heteroatoms. The molecule has 0 aliphatic carbocycles. The number of carbonyl (C=O) groups excluding carboxylic acids is 3. The van der Waals surface area contributed by atoms with Crippen molar-refractivity contribution in [3.8, 4) is 5.75 Å². The number of amides is 2. The molecule has 0 saturated carbocycles. The van der Waals surface area contributed by atoms with Gasteiger partial charge in [0.05, 0.1) is 18.9 Å². The fraction of sp³-hybridized carbons (Fsp3) is 0.208. The van der Waals surface area contributed by atoms with Crippen LogP contribution >= 0.6 is 11.3 Å². The van der Waals surface area contributed by atoms with Crippen LogP contribution in [0.2, 0.25) is 0 Å². The number of hydrogen-bond acceptors (Lipinski definition) is 8. The summed E-state index contributed by atoms with van der Waals surface area (Å²) in [6.07, 6.45) is 0.516.